The van der Waals surface area contributed by atoms with Gasteiger partial charge in [0.15, 0.2) is 9.84 Å². The van der Waals surface area contributed by atoms with Crippen molar-refractivity contribution in [2.24, 2.45) is 0 Å². The second kappa shape index (κ2) is 7.04. The van der Waals surface area contributed by atoms with E-state index in [0.29, 0.717) is 0 Å². The van der Waals surface area contributed by atoms with Crippen LogP contribution in [0.2, 0.25) is 0 Å². The highest BCUT2D eigenvalue weighted by Gasteiger charge is 2.15. The summed E-state index contributed by atoms with van der Waals surface area (Å²) in [4.78, 5) is 39.0. The number of hydrogen-bond acceptors (Lipinski definition) is 5. The largest absolute Gasteiger partial charge is 0.328 e. The second-order valence-electron chi connectivity index (χ2n) is 6.11. The van der Waals surface area contributed by atoms with Crippen LogP contribution in [0.15, 0.2) is 50.9 Å². The average molecular weight is 405 g/mol. The number of hydrogen-bond donors (Lipinski definition) is 2. The molecule has 1 amide bonds. The van der Waals surface area contributed by atoms with Gasteiger partial charge in [0.25, 0.3) is 11.5 Å². The lowest BCUT2D eigenvalue weighted by molar-refractivity contribution is 0.102. The van der Waals surface area contributed by atoms with Crippen LogP contribution in [0.4, 0.5) is 10.1 Å². The fraction of sp³-hybridized carbons (Fsp3) is 0.167. The van der Waals surface area contributed by atoms with Gasteiger partial charge in [-0.3, -0.25) is 14.2 Å². The lowest BCUT2D eigenvalue weighted by Gasteiger charge is -2.09. The van der Waals surface area contributed by atoms with Gasteiger partial charge in [-0.25, -0.2) is 17.6 Å². The number of amides is 1. The van der Waals surface area contributed by atoms with Crippen LogP contribution in [0.25, 0.3) is 10.9 Å². The zero-order valence-electron chi connectivity index (χ0n) is 14.9. The van der Waals surface area contributed by atoms with Gasteiger partial charge in [-0.2, -0.15) is 0 Å². The van der Waals surface area contributed by atoms with Crippen LogP contribution in [0.5, 0.6) is 0 Å². The van der Waals surface area contributed by atoms with Crippen LogP contribution in [0.3, 0.4) is 0 Å². The molecular formula is C18H16FN3O5S. The van der Waals surface area contributed by atoms with E-state index in [-0.39, 0.29) is 33.6 Å². The van der Waals surface area contributed by atoms with Gasteiger partial charge in [-0.15, -0.1) is 0 Å². The molecule has 1 aromatic heterocycles. The van der Waals surface area contributed by atoms with Gasteiger partial charge in [-0.05, 0) is 43.3 Å². The third-order valence-electron chi connectivity index (χ3n) is 4.17. The van der Waals surface area contributed by atoms with Crippen molar-refractivity contribution in [3.63, 3.8) is 0 Å². The van der Waals surface area contributed by atoms with Gasteiger partial charge >= 0.3 is 5.69 Å². The Morgan fingerprint density at radius 3 is 2.54 bits per heavy atom. The fourth-order valence-corrected chi connectivity index (χ4v) is 3.36. The van der Waals surface area contributed by atoms with E-state index in [1.54, 1.807) is 6.92 Å². The highest BCUT2D eigenvalue weighted by Crippen LogP contribution is 2.21. The number of aromatic amines is 1. The van der Waals surface area contributed by atoms with Gasteiger partial charge in [0.1, 0.15) is 5.82 Å². The number of carbonyl (C=O) groups excluding carboxylic acids is 1. The molecule has 0 aliphatic rings. The molecule has 0 unspecified atom stereocenters. The summed E-state index contributed by atoms with van der Waals surface area (Å²) in [6, 6.07) is 7.10. The maximum atomic E-state index is 14.0. The quantitative estimate of drug-likeness (QED) is 0.638. The molecule has 3 aromatic rings. The Labute approximate surface area is 158 Å². The third kappa shape index (κ3) is 3.58. The topological polar surface area (TPSA) is 118 Å². The Hall–Kier alpha value is -3.27. The molecule has 146 valence electrons. The van der Waals surface area contributed by atoms with Gasteiger partial charge in [0, 0.05) is 18.4 Å². The number of anilines is 1. The summed E-state index contributed by atoms with van der Waals surface area (Å²) < 4.78 is 38.2. The van der Waals surface area contributed by atoms with Crippen molar-refractivity contribution in [3.8, 4) is 0 Å². The molecule has 0 radical (unpaired) electrons. The Bertz CT molecular complexity index is 1330. The maximum absolute atomic E-state index is 14.0. The van der Waals surface area contributed by atoms with E-state index < -0.39 is 32.8 Å². The molecule has 0 aliphatic carbocycles. The van der Waals surface area contributed by atoms with Crippen LogP contribution in [0, 0.1) is 5.82 Å². The van der Waals surface area contributed by atoms with Crippen LogP contribution in [0.1, 0.15) is 17.3 Å². The summed E-state index contributed by atoms with van der Waals surface area (Å²) in [5.41, 5.74) is -1.17. The molecule has 3 rings (SSSR count). The van der Waals surface area contributed by atoms with E-state index in [4.69, 9.17) is 0 Å². The Balaban J connectivity index is 2.01. The first-order valence-corrected chi connectivity index (χ1v) is 10.1. The van der Waals surface area contributed by atoms with Gasteiger partial charge in [0.2, 0.25) is 0 Å². The normalized spacial score (nSPS) is 11.5. The zero-order valence-corrected chi connectivity index (χ0v) is 15.8. The average Bonchev–Trinajstić information content (AvgIpc) is 2.62. The van der Waals surface area contributed by atoms with Crippen molar-refractivity contribution in [3.05, 3.63) is 68.6 Å². The number of nitrogens with one attached hydrogen (secondary N) is 2. The van der Waals surface area contributed by atoms with E-state index in [9.17, 15) is 27.2 Å². The van der Waals surface area contributed by atoms with Crippen LogP contribution < -0.4 is 16.6 Å². The molecule has 2 aromatic carbocycles. The number of H-pyrrole nitrogens is 1. The minimum Gasteiger partial charge on any atom is -0.319 e. The van der Waals surface area contributed by atoms with E-state index in [0.717, 1.165) is 29.0 Å². The minimum absolute atomic E-state index is 0.0564. The fourth-order valence-electron chi connectivity index (χ4n) is 2.71. The Kier molecular flexibility index (Phi) is 4.90. The Morgan fingerprint density at radius 1 is 1.18 bits per heavy atom. The van der Waals surface area contributed by atoms with Gasteiger partial charge in [-0.1, -0.05) is 0 Å². The number of benzene rings is 2. The molecule has 0 fully saturated rings. The number of fused-ring (bicyclic) bond motifs is 1. The number of sulfone groups is 1. The van der Waals surface area contributed by atoms with Crippen molar-refractivity contribution in [2.45, 2.75) is 18.4 Å². The number of rotatable bonds is 4. The zero-order chi connectivity index (χ0) is 20.6. The van der Waals surface area contributed by atoms with E-state index >= 15 is 0 Å². The van der Waals surface area contributed by atoms with Crippen molar-refractivity contribution in [1.29, 1.82) is 0 Å². The number of nitrogens with zero attached hydrogens (tertiary/aromatic N) is 1. The first-order chi connectivity index (χ1) is 13.1. The first-order valence-electron chi connectivity index (χ1n) is 8.19. The molecule has 8 nitrogen and oxygen atoms in total. The standard InChI is InChI=1S/C18H16FN3O5S/c1-3-22-17(24)12-6-4-10(8-14(12)21-18(22)25)16(23)20-15-9-11(28(2,26)27)5-7-13(15)19/h4-9H,3H2,1-2H3,(H,20,23)(H,21,25). The molecule has 2 N–H and O–H groups in total. The SMILES string of the molecule is CCn1c(=O)[nH]c2cc(C(=O)Nc3cc(S(C)(=O)=O)ccc3F)ccc2c1=O. The summed E-state index contributed by atoms with van der Waals surface area (Å²) in [5.74, 6) is -1.53. The second-order valence-corrected chi connectivity index (χ2v) is 8.12. The molecule has 0 bridgehead atoms. The Morgan fingerprint density at radius 2 is 1.89 bits per heavy atom. The van der Waals surface area contributed by atoms with E-state index in [1.165, 1.54) is 18.2 Å². The van der Waals surface area contributed by atoms with Crippen LogP contribution in [-0.4, -0.2) is 30.1 Å². The van der Waals surface area contributed by atoms with E-state index in [2.05, 4.69) is 10.3 Å². The van der Waals surface area contributed by atoms with Crippen molar-refractivity contribution < 1.29 is 17.6 Å². The molecule has 0 atom stereocenters. The molecule has 0 aliphatic heterocycles. The monoisotopic (exact) mass is 405 g/mol. The lowest BCUT2D eigenvalue weighted by atomic mass is 10.1. The number of aromatic nitrogens is 2. The summed E-state index contributed by atoms with van der Waals surface area (Å²) in [7, 11) is -3.58. The molecule has 0 spiro atoms. The molecule has 10 heteroatoms. The van der Waals surface area contributed by atoms with Gasteiger partial charge in [0.05, 0.1) is 21.5 Å². The highest BCUT2D eigenvalue weighted by molar-refractivity contribution is 7.90. The van der Waals surface area contributed by atoms with Crippen molar-refractivity contribution >= 4 is 32.3 Å². The van der Waals surface area contributed by atoms with Crippen LogP contribution >= 0.6 is 0 Å². The highest BCUT2D eigenvalue weighted by atomic mass is 32.2. The molecular weight excluding hydrogens is 389 g/mol. The molecule has 28 heavy (non-hydrogen) atoms. The minimum atomic E-state index is -3.58. The molecule has 1 heterocycles. The third-order valence-corrected chi connectivity index (χ3v) is 5.28. The summed E-state index contributed by atoms with van der Waals surface area (Å²) in [6.45, 7) is 1.85. The molecule has 0 saturated heterocycles. The first kappa shape index (κ1) is 19.5. The summed E-state index contributed by atoms with van der Waals surface area (Å²) >= 11 is 0. The predicted molar refractivity (Wildman–Crippen MR) is 102 cm³/mol. The number of carbonyl (C=O) groups is 1. The van der Waals surface area contributed by atoms with Crippen LogP contribution in [-0.2, 0) is 16.4 Å². The van der Waals surface area contributed by atoms with Gasteiger partial charge < -0.3 is 10.3 Å². The number of halogens is 1. The van der Waals surface area contributed by atoms with Crippen molar-refractivity contribution in [2.75, 3.05) is 11.6 Å². The summed E-state index contributed by atoms with van der Waals surface area (Å²) in [5, 5.41) is 2.53. The maximum Gasteiger partial charge on any atom is 0.328 e. The molecule has 0 saturated carbocycles. The smallest absolute Gasteiger partial charge is 0.319 e. The van der Waals surface area contributed by atoms with Crippen molar-refractivity contribution in [1.82, 2.24) is 9.55 Å². The lowest BCUT2D eigenvalue weighted by Crippen LogP contribution is -2.34. The predicted octanol–water partition coefficient (Wildman–Crippen LogP) is 1.50. The van der Waals surface area contributed by atoms with E-state index in [1.807, 2.05) is 0 Å². The summed E-state index contributed by atoms with van der Waals surface area (Å²) in [6.07, 6.45) is 0.967.